The van der Waals surface area contributed by atoms with Gasteiger partial charge >= 0.3 is 0 Å². The maximum absolute atomic E-state index is 13.3. The van der Waals surface area contributed by atoms with Gasteiger partial charge in [-0.15, -0.1) is 16.9 Å². The normalized spacial score (nSPS) is 10.6. The van der Waals surface area contributed by atoms with E-state index in [0.717, 1.165) is 0 Å². The molecule has 0 spiro atoms. The largest absolute Gasteiger partial charge is 0.298 e. The monoisotopic (exact) mass is 265 g/mol. The van der Waals surface area contributed by atoms with E-state index < -0.39 is 0 Å². The van der Waals surface area contributed by atoms with Crippen molar-refractivity contribution in [3.8, 4) is 0 Å². The minimum atomic E-state index is -0.296. The van der Waals surface area contributed by atoms with Crippen molar-refractivity contribution in [2.75, 3.05) is 5.75 Å². The van der Waals surface area contributed by atoms with Crippen molar-refractivity contribution in [3.63, 3.8) is 0 Å². The number of aryl methyl sites for hydroxylation is 1. The first-order valence-corrected chi connectivity index (χ1v) is 6.38. The van der Waals surface area contributed by atoms with Crippen LogP contribution >= 0.6 is 11.8 Å². The standard InChI is InChI=1S/C12H12FN3OS/c1-16-7-9(14-15-16)6-10(17)8-18-12-5-3-2-4-11(12)13/h2-5,7H,6,8H2,1H3. The Morgan fingerprint density at radius 3 is 2.89 bits per heavy atom. The highest BCUT2D eigenvalue weighted by molar-refractivity contribution is 8.00. The van der Waals surface area contributed by atoms with Crippen LogP contribution in [0.4, 0.5) is 4.39 Å². The van der Waals surface area contributed by atoms with E-state index in [9.17, 15) is 9.18 Å². The number of halogens is 1. The van der Waals surface area contributed by atoms with Gasteiger partial charge in [0, 0.05) is 18.1 Å². The van der Waals surface area contributed by atoms with Gasteiger partial charge in [-0.25, -0.2) is 4.39 Å². The lowest BCUT2D eigenvalue weighted by atomic mass is 10.2. The molecular weight excluding hydrogens is 253 g/mol. The highest BCUT2D eigenvalue weighted by Crippen LogP contribution is 2.21. The van der Waals surface area contributed by atoms with Gasteiger partial charge in [-0.1, -0.05) is 17.3 Å². The fourth-order valence-electron chi connectivity index (χ4n) is 1.45. The maximum Gasteiger partial charge on any atom is 0.149 e. The van der Waals surface area contributed by atoms with Gasteiger partial charge < -0.3 is 0 Å². The molecule has 0 saturated heterocycles. The number of aromatic nitrogens is 3. The molecule has 2 rings (SSSR count). The molecule has 6 heteroatoms. The third-order valence-corrected chi connectivity index (χ3v) is 3.36. The zero-order valence-electron chi connectivity index (χ0n) is 9.84. The van der Waals surface area contributed by atoms with Crippen LogP contribution in [0.3, 0.4) is 0 Å². The summed E-state index contributed by atoms with van der Waals surface area (Å²) in [6.45, 7) is 0. The number of carbonyl (C=O) groups is 1. The molecule has 0 atom stereocenters. The van der Waals surface area contributed by atoms with Crippen molar-refractivity contribution in [1.29, 1.82) is 0 Å². The average molecular weight is 265 g/mol. The number of hydrogen-bond donors (Lipinski definition) is 0. The van der Waals surface area contributed by atoms with Gasteiger partial charge in [0.05, 0.1) is 17.9 Å². The van der Waals surface area contributed by atoms with E-state index in [1.165, 1.54) is 17.8 Å². The van der Waals surface area contributed by atoms with Crippen molar-refractivity contribution >= 4 is 17.5 Å². The Bertz CT molecular complexity index is 556. The summed E-state index contributed by atoms with van der Waals surface area (Å²) >= 11 is 1.20. The van der Waals surface area contributed by atoms with Crippen molar-refractivity contribution in [2.45, 2.75) is 11.3 Å². The number of carbonyl (C=O) groups excluding carboxylic acids is 1. The van der Waals surface area contributed by atoms with Crippen LogP contribution in [0.15, 0.2) is 35.4 Å². The smallest absolute Gasteiger partial charge is 0.149 e. The van der Waals surface area contributed by atoms with Crippen molar-refractivity contribution < 1.29 is 9.18 Å². The van der Waals surface area contributed by atoms with Crippen LogP contribution in [0.2, 0.25) is 0 Å². The first kappa shape index (κ1) is 12.8. The summed E-state index contributed by atoms with van der Waals surface area (Å²) in [5.41, 5.74) is 0.636. The molecule has 0 unspecified atom stereocenters. The average Bonchev–Trinajstić information content (AvgIpc) is 2.74. The molecule has 1 aromatic heterocycles. The van der Waals surface area contributed by atoms with Crippen molar-refractivity contribution in [1.82, 2.24) is 15.0 Å². The minimum Gasteiger partial charge on any atom is -0.298 e. The molecule has 1 heterocycles. The molecule has 0 radical (unpaired) electrons. The lowest BCUT2D eigenvalue weighted by molar-refractivity contribution is -0.116. The summed E-state index contributed by atoms with van der Waals surface area (Å²) < 4.78 is 14.9. The molecule has 0 amide bonds. The molecule has 0 fully saturated rings. The fraction of sp³-hybridized carbons (Fsp3) is 0.250. The summed E-state index contributed by atoms with van der Waals surface area (Å²) in [6, 6.07) is 6.42. The molecule has 0 aliphatic carbocycles. The Morgan fingerprint density at radius 2 is 2.22 bits per heavy atom. The zero-order chi connectivity index (χ0) is 13.0. The van der Waals surface area contributed by atoms with Crippen LogP contribution in [-0.4, -0.2) is 26.5 Å². The molecule has 1 aromatic carbocycles. The molecule has 18 heavy (non-hydrogen) atoms. The fourth-order valence-corrected chi connectivity index (χ4v) is 2.25. The predicted octanol–water partition coefficient (Wildman–Crippen LogP) is 1.86. The van der Waals surface area contributed by atoms with Crippen LogP contribution in [0, 0.1) is 5.82 Å². The van der Waals surface area contributed by atoms with E-state index in [0.29, 0.717) is 10.6 Å². The lowest BCUT2D eigenvalue weighted by Crippen LogP contribution is -2.06. The topological polar surface area (TPSA) is 47.8 Å². The second-order valence-corrected chi connectivity index (χ2v) is 4.84. The number of ketones is 1. The summed E-state index contributed by atoms with van der Waals surface area (Å²) in [5.74, 6) is -0.0594. The Morgan fingerprint density at radius 1 is 1.44 bits per heavy atom. The SMILES string of the molecule is Cn1cc(CC(=O)CSc2ccccc2F)nn1. The number of rotatable bonds is 5. The number of nitrogens with zero attached hydrogens (tertiary/aromatic N) is 3. The molecule has 0 N–H and O–H groups in total. The summed E-state index contributed by atoms with van der Waals surface area (Å²) in [6.07, 6.45) is 1.93. The van der Waals surface area contributed by atoms with Gasteiger partial charge in [0.1, 0.15) is 11.6 Å². The lowest BCUT2D eigenvalue weighted by Gasteiger charge is -2.01. The summed E-state index contributed by atoms with van der Waals surface area (Å²) in [5, 5.41) is 7.59. The first-order chi connectivity index (χ1) is 8.65. The second-order valence-electron chi connectivity index (χ2n) is 3.82. The second kappa shape index (κ2) is 5.77. The number of benzene rings is 1. The van der Waals surface area contributed by atoms with Gasteiger partial charge in [-0.2, -0.15) is 0 Å². The van der Waals surface area contributed by atoms with Gasteiger partial charge in [-0.05, 0) is 12.1 Å². The number of Topliss-reactive ketones (excluding diaryl/α,β-unsaturated/α-hetero) is 1. The molecule has 0 saturated carbocycles. The highest BCUT2D eigenvalue weighted by atomic mass is 32.2. The molecular formula is C12H12FN3OS. The summed E-state index contributed by atoms with van der Waals surface area (Å²) in [7, 11) is 1.75. The molecule has 0 aliphatic rings. The van der Waals surface area contributed by atoms with Gasteiger partial charge in [0.15, 0.2) is 0 Å². The Kier molecular flexibility index (Phi) is 4.09. The summed E-state index contributed by atoms with van der Waals surface area (Å²) in [4.78, 5) is 12.2. The van der Waals surface area contributed by atoms with Crippen molar-refractivity contribution in [2.24, 2.45) is 7.05 Å². The quantitative estimate of drug-likeness (QED) is 0.774. The van der Waals surface area contributed by atoms with E-state index in [2.05, 4.69) is 10.3 Å². The molecule has 0 aliphatic heterocycles. The van der Waals surface area contributed by atoms with Crippen LogP contribution < -0.4 is 0 Å². The third kappa shape index (κ3) is 3.40. The molecule has 4 nitrogen and oxygen atoms in total. The van der Waals surface area contributed by atoms with Crippen molar-refractivity contribution in [3.05, 3.63) is 42.0 Å². The van der Waals surface area contributed by atoms with E-state index in [1.54, 1.807) is 36.1 Å². The third-order valence-electron chi connectivity index (χ3n) is 2.25. The Hall–Kier alpha value is -1.69. The van der Waals surface area contributed by atoms with Gasteiger partial charge in [-0.3, -0.25) is 9.48 Å². The maximum atomic E-state index is 13.3. The number of thioether (sulfide) groups is 1. The number of hydrogen-bond acceptors (Lipinski definition) is 4. The zero-order valence-corrected chi connectivity index (χ0v) is 10.7. The van der Waals surface area contributed by atoms with E-state index in [1.807, 2.05) is 0 Å². The highest BCUT2D eigenvalue weighted by Gasteiger charge is 2.09. The van der Waals surface area contributed by atoms with Crippen LogP contribution in [0.5, 0.6) is 0 Å². The van der Waals surface area contributed by atoms with Gasteiger partial charge in [0.2, 0.25) is 0 Å². The van der Waals surface area contributed by atoms with Crippen LogP contribution in [0.1, 0.15) is 5.69 Å². The van der Waals surface area contributed by atoms with E-state index >= 15 is 0 Å². The minimum absolute atomic E-state index is 0.00348. The van der Waals surface area contributed by atoms with Gasteiger partial charge in [0.25, 0.3) is 0 Å². The van der Waals surface area contributed by atoms with Crippen LogP contribution in [-0.2, 0) is 18.3 Å². The molecule has 0 bridgehead atoms. The molecule has 94 valence electrons. The molecule has 2 aromatic rings. The van der Waals surface area contributed by atoms with Crippen LogP contribution in [0.25, 0.3) is 0 Å². The first-order valence-electron chi connectivity index (χ1n) is 5.39. The Labute approximate surface area is 108 Å². The van der Waals surface area contributed by atoms with E-state index in [4.69, 9.17) is 0 Å². The van der Waals surface area contributed by atoms with E-state index in [-0.39, 0.29) is 23.8 Å². The predicted molar refractivity (Wildman–Crippen MR) is 66.8 cm³/mol. The Balaban J connectivity index is 1.87.